The summed E-state index contributed by atoms with van der Waals surface area (Å²) in [6.45, 7) is 0. The third kappa shape index (κ3) is 4.44. The van der Waals surface area contributed by atoms with Crippen molar-refractivity contribution in [1.82, 2.24) is 14.8 Å². The predicted molar refractivity (Wildman–Crippen MR) is 122 cm³/mol. The van der Waals surface area contributed by atoms with Crippen LogP contribution in [0.5, 0.6) is 0 Å². The van der Waals surface area contributed by atoms with Crippen molar-refractivity contribution in [3.8, 4) is 11.4 Å². The van der Waals surface area contributed by atoms with Crippen molar-refractivity contribution in [2.24, 2.45) is 7.05 Å². The number of nitrogens with one attached hydrogen (secondary N) is 1. The number of benzene rings is 1. The van der Waals surface area contributed by atoms with Crippen molar-refractivity contribution in [3.05, 3.63) is 43.0 Å². The number of carbonyl (C=O) groups is 1. The molecule has 2 heterocycles. The third-order valence-corrected chi connectivity index (χ3v) is 7.90. The number of thiophene rings is 1. The zero-order valence-corrected chi connectivity index (χ0v) is 19.4. The van der Waals surface area contributed by atoms with Crippen LogP contribution in [-0.2, 0) is 24.7 Å². The van der Waals surface area contributed by atoms with Gasteiger partial charge < -0.3 is 9.88 Å². The Hall–Kier alpha value is -1.25. The Balaban J connectivity index is 1.44. The van der Waals surface area contributed by atoms with E-state index >= 15 is 0 Å². The summed E-state index contributed by atoms with van der Waals surface area (Å²) in [6.07, 6.45) is 4.71. The molecule has 0 aliphatic heterocycles. The van der Waals surface area contributed by atoms with Gasteiger partial charge in [-0.25, -0.2) is 0 Å². The first-order valence-electron chi connectivity index (χ1n) is 9.00. The molecule has 0 radical (unpaired) electrons. The van der Waals surface area contributed by atoms with Crippen molar-refractivity contribution in [3.63, 3.8) is 0 Å². The van der Waals surface area contributed by atoms with Gasteiger partial charge in [0.15, 0.2) is 11.0 Å². The number of fused-ring (bicyclic) bond motifs is 1. The lowest BCUT2D eigenvalue weighted by Gasteiger charge is -2.12. The number of aromatic nitrogens is 3. The van der Waals surface area contributed by atoms with Crippen LogP contribution < -0.4 is 5.32 Å². The number of anilines is 1. The summed E-state index contributed by atoms with van der Waals surface area (Å²) in [5.41, 5.74) is 2.99. The Morgan fingerprint density at radius 2 is 1.93 bits per heavy atom. The van der Waals surface area contributed by atoms with Gasteiger partial charge in [0.25, 0.3) is 0 Å². The molecule has 0 unspecified atom stereocenters. The monoisotopic (exact) mass is 486 g/mol. The Bertz CT molecular complexity index is 1080. The molecule has 1 aliphatic rings. The van der Waals surface area contributed by atoms with Gasteiger partial charge in [0.1, 0.15) is 0 Å². The second-order valence-electron chi connectivity index (χ2n) is 6.71. The number of halogens is 3. The molecule has 1 aliphatic carbocycles. The third-order valence-electron chi connectivity index (χ3n) is 4.75. The summed E-state index contributed by atoms with van der Waals surface area (Å²) in [5.74, 6) is 0.803. The van der Waals surface area contributed by atoms with Gasteiger partial charge in [-0.1, -0.05) is 46.6 Å². The van der Waals surface area contributed by atoms with Gasteiger partial charge in [0.2, 0.25) is 5.91 Å². The quantitative estimate of drug-likeness (QED) is 0.348. The highest BCUT2D eigenvalue weighted by atomic mass is 35.5. The Morgan fingerprint density at radius 3 is 2.76 bits per heavy atom. The van der Waals surface area contributed by atoms with Gasteiger partial charge in [-0.05, 0) is 43.4 Å². The number of carbonyl (C=O) groups excluding carboxylic acids is 1. The standard InChI is InChI=1S/C19H17Cl3N4OS2/c1-26-18(11-8-28-16-5-3-2-4-10(11)16)24-25-19(26)29-9-17(27)23-15-7-13(21)12(20)6-14(15)22/h6-8H,2-5,9H2,1H3,(H,23,27). The average molecular weight is 488 g/mol. The molecule has 5 nitrogen and oxygen atoms in total. The summed E-state index contributed by atoms with van der Waals surface area (Å²) in [6, 6.07) is 3.04. The number of hydrogen-bond donors (Lipinski definition) is 1. The average Bonchev–Trinajstić information content (AvgIpc) is 3.27. The van der Waals surface area contributed by atoms with Crippen LogP contribution in [0.25, 0.3) is 11.4 Å². The fourth-order valence-electron chi connectivity index (χ4n) is 3.29. The topological polar surface area (TPSA) is 59.8 Å². The van der Waals surface area contributed by atoms with Crippen molar-refractivity contribution in [2.75, 3.05) is 11.1 Å². The van der Waals surface area contributed by atoms with E-state index in [2.05, 4.69) is 20.9 Å². The second-order valence-corrected chi connectivity index (χ2v) is 9.83. The Labute approximate surface area is 191 Å². The van der Waals surface area contributed by atoms with Crippen molar-refractivity contribution in [1.29, 1.82) is 0 Å². The van der Waals surface area contributed by atoms with Gasteiger partial charge in [-0.2, -0.15) is 0 Å². The molecule has 0 atom stereocenters. The summed E-state index contributed by atoms with van der Waals surface area (Å²) < 4.78 is 1.95. The first-order chi connectivity index (χ1) is 13.9. The number of rotatable bonds is 5. The number of hydrogen-bond acceptors (Lipinski definition) is 5. The van der Waals surface area contributed by atoms with E-state index in [0.29, 0.717) is 25.9 Å². The molecule has 0 saturated heterocycles. The predicted octanol–water partition coefficient (Wildman–Crippen LogP) is 6.11. The van der Waals surface area contributed by atoms with E-state index in [9.17, 15) is 4.79 Å². The van der Waals surface area contributed by atoms with E-state index in [-0.39, 0.29) is 11.7 Å². The van der Waals surface area contributed by atoms with Gasteiger partial charge in [-0.3, -0.25) is 4.79 Å². The molecule has 2 aromatic heterocycles. The Morgan fingerprint density at radius 1 is 1.17 bits per heavy atom. The van der Waals surface area contributed by atoms with Crippen LogP contribution in [0.3, 0.4) is 0 Å². The molecule has 29 heavy (non-hydrogen) atoms. The van der Waals surface area contributed by atoms with Crippen LogP contribution in [-0.4, -0.2) is 26.4 Å². The minimum atomic E-state index is -0.215. The van der Waals surface area contributed by atoms with Crippen LogP contribution in [0.15, 0.2) is 22.7 Å². The van der Waals surface area contributed by atoms with E-state index in [1.807, 2.05) is 11.6 Å². The second kappa shape index (κ2) is 8.86. The molecule has 1 aromatic carbocycles. The van der Waals surface area contributed by atoms with E-state index in [0.717, 1.165) is 18.7 Å². The summed E-state index contributed by atoms with van der Waals surface area (Å²) in [4.78, 5) is 13.8. The zero-order chi connectivity index (χ0) is 20.5. The summed E-state index contributed by atoms with van der Waals surface area (Å²) >= 11 is 21.2. The zero-order valence-electron chi connectivity index (χ0n) is 15.5. The molecule has 0 spiro atoms. The summed E-state index contributed by atoms with van der Waals surface area (Å²) in [5, 5.41) is 15.3. The molecular formula is C19H17Cl3N4OS2. The molecule has 3 aromatic rings. The molecule has 4 rings (SSSR count). The molecular weight excluding hydrogens is 471 g/mol. The number of thioether (sulfide) groups is 1. The van der Waals surface area contributed by atoms with Gasteiger partial charge in [0.05, 0.1) is 26.5 Å². The van der Waals surface area contributed by atoms with Crippen LogP contribution in [0, 0.1) is 0 Å². The molecule has 1 amide bonds. The molecule has 10 heteroatoms. The molecule has 0 bridgehead atoms. The van der Waals surface area contributed by atoms with Gasteiger partial charge in [-0.15, -0.1) is 21.5 Å². The SMILES string of the molecule is Cn1c(SCC(=O)Nc2cc(Cl)c(Cl)cc2Cl)nnc1-c1csc2c1CCCC2. The number of nitrogens with zero attached hydrogens (tertiary/aromatic N) is 3. The minimum absolute atomic E-state index is 0.171. The van der Waals surface area contributed by atoms with Crippen molar-refractivity contribution >= 4 is 69.5 Å². The normalized spacial score (nSPS) is 13.4. The smallest absolute Gasteiger partial charge is 0.234 e. The highest BCUT2D eigenvalue weighted by molar-refractivity contribution is 7.99. The highest BCUT2D eigenvalue weighted by Gasteiger charge is 2.21. The maximum Gasteiger partial charge on any atom is 0.234 e. The van der Waals surface area contributed by atoms with Gasteiger partial charge >= 0.3 is 0 Å². The maximum absolute atomic E-state index is 12.4. The Kier molecular flexibility index (Phi) is 6.41. The van der Waals surface area contributed by atoms with Crippen LogP contribution in [0.2, 0.25) is 15.1 Å². The molecule has 0 fully saturated rings. The number of aryl methyl sites for hydroxylation is 1. The molecule has 1 N–H and O–H groups in total. The van der Waals surface area contributed by atoms with Crippen molar-refractivity contribution < 1.29 is 4.79 Å². The first-order valence-corrected chi connectivity index (χ1v) is 12.0. The lowest BCUT2D eigenvalue weighted by molar-refractivity contribution is -0.113. The van der Waals surface area contributed by atoms with Gasteiger partial charge in [0, 0.05) is 22.9 Å². The first kappa shape index (κ1) is 21.0. The lowest BCUT2D eigenvalue weighted by Crippen LogP contribution is -2.14. The molecule has 0 saturated carbocycles. The van der Waals surface area contributed by atoms with Crippen LogP contribution in [0.1, 0.15) is 23.3 Å². The highest BCUT2D eigenvalue weighted by Crippen LogP contribution is 2.36. The van der Waals surface area contributed by atoms with Crippen LogP contribution in [0.4, 0.5) is 5.69 Å². The fraction of sp³-hybridized carbons (Fsp3) is 0.316. The largest absolute Gasteiger partial charge is 0.324 e. The van der Waals surface area contributed by atoms with Crippen molar-refractivity contribution in [2.45, 2.75) is 30.8 Å². The minimum Gasteiger partial charge on any atom is -0.324 e. The van der Waals surface area contributed by atoms with E-state index in [1.165, 1.54) is 52.7 Å². The van der Waals surface area contributed by atoms with E-state index < -0.39 is 0 Å². The van der Waals surface area contributed by atoms with E-state index in [1.54, 1.807) is 11.3 Å². The fourth-order valence-corrected chi connectivity index (χ4v) is 5.72. The summed E-state index contributed by atoms with van der Waals surface area (Å²) in [7, 11) is 1.93. The van der Waals surface area contributed by atoms with E-state index in [4.69, 9.17) is 34.8 Å². The maximum atomic E-state index is 12.4. The van der Waals surface area contributed by atoms with Crippen LogP contribution >= 0.6 is 57.9 Å². The lowest BCUT2D eigenvalue weighted by atomic mass is 9.96. The molecule has 152 valence electrons. The number of amides is 1.